The van der Waals surface area contributed by atoms with E-state index in [1.54, 1.807) is 12.3 Å². The highest BCUT2D eigenvalue weighted by atomic mass is 32.1. The van der Waals surface area contributed by atoms with Crippen LogP contribution in [0.4, 0.5) is 19.7 Å². The molecule has 1 aromatic carbocycles. The summed E-state index contributed by atoms with van der Waals surface area (Å²) in [6.45, 7) is 7.32. The first-order valence-electron chi connectivity index (χ1n) is 14.5. The molecule has 4 fully saturated rings. The second-order valence-corrected chi connectivity index (χ2v) is 13.3. The van der Waals surface area contributed by atoms with Crippen LogP contribution in [0, 0.1) is 5.82 Å². The van der Waals surface area contributed by atoms with Crippen molar-refractivity contribution >= 4 is 43.4 Å². The molecule has 8 rings (SSSR count). The minimum atomic E-state index is -0.839. The van der Waals surface area contributed by atoms with Crippen molar-refractivity contribution in [2.24, 2.45) is 0 Å². The number of nitrogens with two attached hydrogens (primary N) is 1. The van der Waals surface area contributed by atoms with E-state index in [1.165, 1.54) is 6.07 Å². The summed E-state index contributed by atoms with van der Waals surface area (Å²) in [5.74, 6) is 0.391. The second kappa shape index (κ2) is 9.51. The number of ether oxygens (including phenoxy) is 1. The molecule has 12 heteroatoms. The maximum Gasteiger partial charge on any atom is 0.319 e. The van der Waals surface area contributed by atoms with Crippen molar-refractivity contribution in [3.8, 4) is 17.3 Å². The molecule has 4 unspecified atom stereocenters. The highest BCUT2D eigenvalue weighted by Gasteiger charge is 2.49. The molecule has 4 aromatic rings. The van der Waals surface area contributed by atoms with Crippen molar-refractivity contribution in [3.05, 3.63) is 42.9 Å². The van der Waals surface area contributed by atoms with Crippen LogP contribution < -0.4 is 20.7 Å². The zero-order valence-corrected chi connectivity index (χ0v) is 24.0. The predicted molar refractivity (Wildman–Crippen MR) is 160 cm³/mol. The number of rotatable bonds is 6. The maximum atomic E-state index is 14.5. The number of anilines is 2. The highest BCUT2D eigenvalue weighted by Crippen LogP contribution is 2.41. The molecular formula is C30H32F2N8OS. The molecule has 3 aromatic heterocycles. The monoisotopic (exact) mass is 590 g/mol. The third-order valence-electron chi connectivity index (χ3n) is 9.59. The van der Waals surface area contributed by atoms with Gasteiger partial charge in [0.05, 0.1) is 37.9 Å². The Morgan fingerprint density at radius 3 is 3.02 bits per heavy atom. The van der Waals surface area contributed by atoms with Gasteiger partial charge < -0.3 is 20.7 Å². The zero-order chi connectivity index (χ0) is 28.6. The van der Waals surface area contributed by atoms with Crippen molar-refractivity contribution in [2.45, 2.75) is 55.4 Å². The number of halogens is 2. The fraction of sp³-hybridized carbons (Fsp3) is 0.467. The molecule has 0 radical (unpaired) electrons. The van der Waals surface area contributed by atoms with Crippen molar-refractivity contribution in [1.82, 2.24) is 30.2 Å². The minimum Gasteiger partial charge on any atom is -0.461 e. The van der Waals surface area contributed by atoms with Gasteiger partial charge in [0.15, 0.2) is 5.13 Å². The summed E-state index contributed by atoms with van der Waals surface area (Å²) in [5.41, 5.74) is 7.86. The summed E-state index contributed by atoms with van der Waals surface area (Å²) in [4.78, 5) is 23.4. The molecule has 4 atom stereocenters. The summed E-state index contributed by atoms with van der Waals surface area (Å²) >= 11 is 1.12. The number of benzene rings is 1. The van der Waals surface area contributed by atoms with Crippen LogP contribution in [0.1, 0.15) is 32.1 Å². The van der Waals surface area contributed by atoms with Crippen LogP contribution >= 0.6 is 11.3 Å². The number of piperazine rings is 1. The fourth-order valence-corrected chi connectivity index (χ4v) is 8.35. The van der Waals surface area contributed by atoms with Gasteiger partial charge in [0.2, 0.25) is 0 Å². The van der Waals surface area contributed by atoms with E-state index < -0.39 is 6.17 Å². The molecule has 2 bridgehead atoms. The first-order chi connectivity index (χ1) is 20.3. The molecule has 0 amide bonds. The van der Waals surface area contributed by atoms with Crippen LogP contribution in [-0.4, -0.2) is 80.9 Å². The molecule has 4 saturated heterocycles. The lowest BCUT2D eigenvalue weighted by molar-refractivity contribution is 0.107. The number of nitrogens with one attached hydrogen (secondary N) is 1. The van der Waals surface area contributed by atoms with Gasteiger partial charge in [-0.05, 0) is 50.4 Å². The lowest BCUT2D eigenvalue weighted by Gasteiger charge is -2.40. The smallest absolute Gasteiger partial charge is 0.319 e. The summed E-state index contributed by atoms with van der Waals surface area (Å²) in [6, 6.07) is 5.56. The SMILES string of the molecule is C=CC12CCC(CN(c3nc(OCC45CCCN4CC(F)C5)nc4cc(-c5ccc(F)c6sc(N)nc56)ncc34)C1)N2. The lowest BCUT2D eigenvalue weighted by atomic mass is 9.95. The van der Waals surface area contributed by atoms with E-state index in [9.17, 15) is 8.78 Å². The summed E-state index contributed by atoms with van der Waals surface area (Å²) in [7, 11) is 0. The normalized spacial score (nSPS) is 29.0. The van der Waals surface area contributed by atoms with Crippen LogP contribution in [0.2, 0.25) is 0 Å². The molecule has 4 aliphatic rings. The maximum absolute atomic E-state index is 14.5. The van der Waals surface area contributed by atoms with Gasteiger partial charge in [0, 0.05) is 43.9 Å². The average Bonchev–Trinajstić information content (AvgIpc) is 3.72. The number of alkyl halides is 1. The predicted octanol–water partition coefficient (Wildman–Crippen LogP) is 4.47. The molecule has 42 heavy (non-hydrogen) atoms. The van der Waals surface area contributed by atoms with Gasteiger partial charge >= 0.3 is 6.01 Å². The Morgan fingerprint density at radius 2 is 2.14 bits per heavy atom. The Labute approximate surface area is 245 Å². The first-order valence-corrected chi connectivity index (χ1v) is 15.4. The van der Waals surface area contributed by atoms with E-state index >= 15 is 0 Å². The van der Waals surface area contributed by atoms with E-state index in [2.05, 4.69) is 26.7 Å². The Balaban J connectivity index is 1.22. The molecule has 0 aliphatic carbocycles. The van der Waals surface area contributed by atoms with Crippen LogP contribution in [0.15, 0.2) is 37.1 Å². The van der Waals surface area contributed by atoms with Crippen LogP contribution in [0.25, 0.3) is 32.4 Å². The second-order valence-electron chi connectivity index (χ2n) is 12.2. The van der Waals surface area contributed by atoms with Gasteiger partial charge in [-0.3, -0.25) is 9.88 Å². The van der Waals surface area contributed by atoms with Crippen molar-refractivity contribution in [3.63, 3.8) is 0 Å². The number of hydrogen-bond acceptors (Lipinski definition) is 10. The Hall–Kier alpha value is -3.48. The Morgan fingerprint density at radius 1 is 1.24 bits per heavy atom. The molecule has 4 aliphatic heterocycles. The van der Waals surface area contributed by atoms with Gasteiger partial charge in [-0.25, -0.2) is 13.8 Å². The molecule has 218 valence electrons. The van der Waals surface area contributed by atoms with Crippen molar-refractivity contribution in [2.75, 3.05) is 43.4 Å². The summed E-state index contributed by atoms with van der Waals surface area (Å²) < 4.78 is 35.7. The number of nitrogens with zero attached hydrogens (tertiary/aromatic N) is 6. The zero-order valence-electron chi connectivity index (χ0n) is 23.2. The molecule has 9 nitrogen and oxygen atoms in total. The van der Waals surface area contributed by atoms with Crippen LogP contribution in [-0.2, 0) is 0 Å². The van der Waals surface area contributed by atoms with E-state index in [0.29, 0.717) is 57.7 Å². The third kappa shape index (κ3) is 4.14. The van der Waals surface area contributed by atoms with Crippen molar-refractivity contribution in [1.29, 1.82) is 0 Å². The summed E-state index contributed by atoms with van der Waals surface area (Å²) in [6.07, 6.45) is 7.45. The number of thiazole rings is 1. The molecule has 0 saturated carbocycles. The quantitative estimate of drug-likeness (QED) is 0.315. The first kappa shape index (κ1) is 26.2. The van der Waals surface area contributed by atoms with Gasteiger partial charge in [0.1, 0.15) is 24.4 Å². The highest BCUT2D eigenvalue weighted by molar-refractivity contribution is 7.22. The Bertz CT molecular complexity index is 1730. The molecular weight excluding hydrogens is 558 g/mol. The topological polar surface area (TPSA) is 105 Å². The van der Waals surface area contributed by atoms with Gasteiger partial charge in [0.25, 0.3) is 0 Å². The number of hydrogen-bond donors (Lipinski definition) is 2. The molecule has 0 spiro atoms. The number of nitrogen functional groups attached to an aromatic ring is 1. The minimum absolute atomic E-state index is 0.178. The third-order valence-corrected chi connectivity index (χ3v) is 10.5. The van der Waals surface area contributed by atoms with Crippen molar-refractivity contribution < 1.29 is 13.5 Å². The number of fused-ring (bicyclic) bond motifs is 5. The fourth-order valence-electron chi connectivity index (χ4n) is 7.59. The number of pyridine rings is 1. The number of aromatic nitrogens is 4. The van der Waals surface area contributed by atoms with E-state index in [4.69, 9.17) is 25.4 Å². The molecule has 7 heterocycles. The van der Waals surface area contributed by atoms with Gasteiger partial charge in [-0.2, -0.15) is 9.97 Å². The Kier molecular flexibility index (Phi) is 5.93. The largest absolute Gasteiger partial charge is 0.461 e. The van der Waals surface area contributed by atoms with Crippen LogP contribution in [0.3, 0.4) is 0 Å². The van der Waals surface area contributed by atoms with E-state index in [-0.39, 0.29) is 22.9 Å². The summed E-state index contributed by atoms with van der Waals surface area (Å²) in [5, 5.41) is 4.82. The lowest BCUT2D eigenvalue weighted by Crippen LogP contribution is -2.58. The van der Waals surface area contributed by atoms with Gasteiger partial charge in [-0.1, -0.05) is 17.4 Å². The van der Waals surface area contributed by atoms with Gasteiger partial charge in [-0.15, -0.1) is 6.58 Å². The average molecular weight is 591 g/mol. The standard InChI is InChI=1S/C30H32F2N8OS/c1-2-29-8-6-18(38-29)14-39(15-29)26-20-12-34-22(19-4-5-21(32)25-24(19)36-27(33)42-25)10-23(20)35-28(37-26)41-16-30-7-3-9-40(30)13-17(31)11-30/h2,4-5,10,12,17-18,38H,1,3,6-9,11,13-16H2,(H2,33,36). The van der Waals surface area contributed by atoms with E-state index in [0.717, 1.165) is 67.9 Å². The molecule has 3 N–H and O–H groups in total. The van der Waals surface area contributed by atoms with E-state index in [1.807, 2.05) is 12.1 Å². The van der Waals surface area contributed by atoms with Crippen LogP contribution in [0.5, 0.6) is 6.01 Å².